The van der Waals surface area contributed by atoms with Gasteiger partial charge >= 0.3 is 0 Å². The highest BCUT2D eigenvalue weighted by molar-refractivity contribution is 6.17. The first-order valence-corrected chi connectivity index (χ1v) is 14.2. The third-order valence-corrected chi connectivity index (χ3v) is 8.40. The lowest BCUT2D eigenvalue weighted by Gasteiger charge is -2.11. The fourth-order valence-corrected chi connectivity index (χ4v) is 6.49. The molecule has 0 fully saturated rings. The van der Waals surface area contributed by atoms with Gasteiger partial charge < -0.3 is 9.13 Å². The predicted octanol–water partition coefficient (Wildman–Crippen LogP) is 9.84. The van der Waals surface area contributed by atoms with E-state index >= 15 is 0 Å². The van der Waals surface area contributed by atoms with E-state index in [9.17, 15) is 10.5 Å². The summed E-state index contributed by atoms with van der Waals surface area (Å²) in [6.07, 6.45) is 0. The molecule has 0 unspecified atom stereocenters. The summed E-state index contributed by atoms with van der Waals surface area (Å²) in [4.78, 5) is 3.79. The van der Waals surface area contributed by atoms with Crippen LogP contribution in [0.15, 0.2) is 127 Å². The third kappa shape index (κ3) is 3.63. The lowest BCUT2D eigenvalue weighted by atomic mass is 9.98. The number of nitrogens with zero attached hydrogens (tertiary/aromatic N) is 5. The van der Waals surface area contributed by atoms with Gasteiger partial charge in [0.2, 0.25) is 5.69 Å². The molecule has 5 nitrogen and oxygen atoms in total. The van der Waals surface area contributed by atoms with E-state index in [4.69, 9.17) is 6.57 Å². The van der Waals surface area contributed by atoms with E-state index in [2.05, 4.69) is 98.9 Å². The lowest BCUT2D eigenvalue weighted by Crippen LogP contribution is -1.95. The quantitative estimate of drug-likeness (QED) is 0.202. The summed E-state index contributed by atoms with van der Waals surface area (Å²) in [5, 5.41) is 23.3. The summed E-state index contributed by atoms with van der Waals surface area (Å²) in [7, 11) is 0. The van der Waals surface area contributed by atoms with Crippen LogP contribution in [-0.2, 0) is 0 Å². The van der Waals surface area contributed by atoms with Crippen LogP contribution in [0.4, 0.5) is 5.69 Å². The molecular formula is C39H21N5. The number of hydrogen-bond donors (Lipinski definition) is 0. The zero-order valence-electron chi connectivity index (χ0n) is 23.4. The zero-order valence-corrected chi connectivity index (χ0v) is 23.4. The summed E-state index contributed by atoms with van der Waals surface area (Å²) < 4.78 is 4.39. The first-order chi connectivity index (χ1) is 21.7. The van der Waals surface area contributed by atoms with Crippen molar-refractivity contribution in [3.05, 3.63) is 150 Å². The molecule has 0 radical (unpaired) electrons. The van der Waals surface area contributed by atoms with Crippen LogP contribution in [0.3, 0.4) is 0 Å². The number of benzene rings is 6. The van der Waals surface area contributed by atoms with Gasteiger partial charge in [0, 0.05) is 32.8 Å². The minimum absolute atomic E-state index is 0.439. The first kappa shape index (κ1) is 25.1. The second-order valence-electron chi connectivity index (χ2n) is 10.7. The molecule has 0 aliphatic carbocycles. The molecule has 2 aromatic heterocycles. The molecule has 2 heterocycles. The van der Waals surface area contributed by atoms with E-state index in [1.165, 1.54) is 0 Å². The Morgan fingerprint density at radius 2 is 1.20 bits per heavy atom. The molecule has 5 heteroatoms. The van der Waals surface area contributed by atoms with Crippen molar-refractivity contribution in [3.8, 4) is 34.6 Å². The SMILES string of the molecule is [C-]#[N+]c1cc(C#N)ccc1-n1c2ccccc2c2c(-c3ccc4c(c3)c3ccccc3n4-c3ccc(C#N)cc3)cccc21. The average Bonchev–Trinajstić information content (AvgIpc) is 3.60. The Hall–Kier alpha value is -6.61. The van der Waals surface area contributed by atoms with E-state index in [1.807, 2.05) is 42.5 Å². The Kier molecular flexibility index (Phi) is 5.56. The van der Waals surface area contributed by atoms with Crippen molar-refractivity contribution in [1.29, 1.82) is 10.5 Å². The van der Waals surface area contributed by atoms with Crippen LogP contribution in [0.2, 0.25) is 0 Å². The van der Waals surface area contributed by atoms with Crippen LogP contribution in [0.25, 0.3) is 71.0 Å². The van der Waals surface area contributed by atoms with Crippen molar-refractivity contribution in [2.75, 3.05) is 0 Å². The summed E-state index contributed by atoms with van der Waals surface area (Å²) in [6, 6.07) is 47.0. The fourth-order valence-electron chi connectivity index (χ4n) is 6.49. The number of para-hydroxylation sites is 2. The smallest absolute Gasteiger partial charge is 0.211 e. The molecular weight excluding hydrogens is 538 g/mol. The maximum absolute atomic E-state index is 9.44. The van der Waals surface area contributed by atoms with Gasteiger partial charge in [-0.25, -0.2) is 4.85 Å². The van der Waals surface area contributed by atoms with Gasteiger partial charge in [-0.2, -0.15) is 10.5 Å². The highest BCUT2D eigenvalue weighted by Gasteiger charge is 2.19. The summed E-state index contributed by atoms with van der Waals surface area (Å²) in [6.45, 7) is 7.86. The average molecular weight is 560 g/mol. The number of aromatic nitrogens is 2. The van der Waals surface area contributed by atoms with Crippen LogP contribution < -0.4 is 0 Å². The number of nitriles is 2. The highest BCUT2D eigenvalue weighted by atomic mass is 15.0. The fraction of sp³-hybridized carbons (Fsp3) is 0. The lowest BCUT2D eigenvalue weighted by molar-refractivity contribution is 1.18. The van der Waals surface area contributed by atoms with Gasteiger partial charge in [-0.1, -0.05) is 54.6 Å². The molecule has 0 saturated heterocycles. The maximum Gasteiger partial charge on any atom is 0.211 e. The Balaban J connectivity index is 1.40. The molecule has 0 aliphatic heterocycles. The van der Waals surface area contributed by atoms with E-state index in [0.29, 0.717) is 16.8 Å². The van der Waals surface area contributed by atoms with Crippen LogP contribution in [0.5, 0.6) is 0 Å². The normalized spacial score (nSPS) is 11.1. The van der Waals surface area contributed by atoms with Crippen molar-refractivity contribution in [3.63, 3.8) is 0 Å². The van der Waals surface area contributed by atoms with Gasteiger partial charge in [-0.15, -0.1) is 0 Å². The molecule has 6 aromatic carbocycles. The number of rotatable bonds is 3. The van der Waals surface area contributed by atoms with Gasteiger partial charge in [0.25, 0.3) is 0 Å². The van der Waals surface area contributed by atoms with E-state index in [0.717, 1.165) is 66.1 Å². The topological polar surface area (TPSA) is 61.8 Å². The van der Waals surface area contributed by atoms with E-state index in [1.54, 1.807) is 12.1 Å². The standard InChI is InChI=1S/C39H21N5/c1-42-33-21-26(24-41)15-19-37(33)44-35-11-5-3-8-31(35)39-29(9-6-12-38(39)44)27-16-20-36-32(22-27)30-7-2-4-10-34(30)43(36)28-17-13-25(23-40)14-18-28/h2-22H. The molecule has 0 atom stereocenters. The molecule has 202 valence electrons. The molecule has 8 aromatic rings. The number of fused-ring (bicyclic) bond motifs is 6. The molecule has 0 amide bonds. The van der Waals surface area contributed by atoms with E-state index in [-0.39, 0.29) is 0 Å². The largest absolute Gasteiger partial charge is 0.319 e. The zero-order chi connectivity index (χ0) is 29.8. The number of hydrogen-bond acceptors (Lipinski definition) is 2. The summed E-state index contributed by atoms with van der Waals surface area (Å²) in [5.74, 6) is 0. The molecule has 44 heavy (non-hydrogen) atoms. The minimum Gasteiger partial charge on any atom is -0.319 e. The van der Waals surface area contributed by atoms with Crippen molar-refractivity contribution in [1.82, 2.24) is 9.13 Å². The van der Waals surface area contributed by atoms with Gasteiger partial charge in [-0.3, -0.25) is 0 Å². The monoisotopic (exact) mass is 559 g/mol. The molecule has 0 bridgehead atoms. The Labute approximate surface area is 253 Å². The first-order valence-electron chi connectivity index (χ1n) is 14.2. The van der Waals surface area contributed by atoms with Crippen LogP contribution in [0.1, 0.15) is 11.1 Å². The van der Waals surface area contributed by atoms with E-state index < -0.39 is 0 Å². The second kappa shape index (κ2) is 9.74. The molecule has 0 spiro atoms. The van der Waals surface area contributed by atoms with Crippen molar-refractivity contribution in [2.24, 2.45) is 0 Å². The Bertz CT molecular complexity index is 2580. The highest BCUT2D eigenvalue weighted by Crippen LogP contribution is 2.42. The molecule has 0 saturated carbocycles. The van der Waals surface area contributed by atoms with Crippen molar-refractivity contribution >= 4 is 49.3 Å². The minimum atomic E-state index is 0.439. The predicted molar refractivity (Wildman–Crippen MR) is 176 cm³/mol. The van der Waals surface area contributed by atoms with Crippen LogP contribution >= 0.6 is 0 Å². The summed E-state index contributed by atoms with van der Waals surface area (Å²) in [5.41, 5.74) is 9.69. The molecule has 8 rings (SSSR count). The summed E-state index contributed by atoms with van der Waals surface area (Å²) >= 11 is 0. The maximum atomic E-state index is 9.44. The third-order valence-electron chi connectivity index (χ3n) is 8.40. The van der Waals surface area contributed by atoms with Gasteiger partial charge in [0.1, 0.15) is 0 Å². The van der Waals surface area contributed by atoms with Crippen molar-refractivity contribution < 1.29 is 0 Å². The van der Waals surface area contributed by atoms with Gasteiger partial charge in [0.05, 0.1) is 52.0 Å². The molecule has 0 aliphatic rings. The van der Waals surface area contributed by atoms with Crippen molar-refractivity contribution in [2.45, 2.75) is 0 Å². The second-order valence-corrected chi connectivity index (χ2v) is 10.7. The van der Waals surface area contributed by atoms with Crippen LogP contribution in [0, 0.1) is 29.2 Å². The molecule has 0 N–H and O–H groups in total. The van der Waals surface area contributed by atoms with Crippen LogP contribution in [-0.4, -0.2) is 9.13 Å². The Morgan fingerprint density at radius 1 is 0.545 bits per heavy atom. The van der Waals surface area contributed by atoms with Gasteiger partial charge in [-0.05, 0) is 83.9 Å². The Morgan fingerprint density at radius 3 is 1.95 bits per heavy atom. The van der Waals surface area contributed by atoms with Gasteiger partial charge in [0.15, 0.2) is 0 Å².